The molecule has 1 amide bonds. The van der Waals surface area contributed by atoms with Crippen molar-refractivity contribution in [2.24, 2.45) is 0 Å². The fourth-order valence-electron chi connectivity index (χ4n) is 2.52. The summed E-state index contributed by atoms with van der Waals surface area (Å²) < 4.78 is 10.5. The lowest BCUT2D eigenvalue weighted by molar-refractivity contribution is -0.124. The van der Waals surface area contributed by atoms with Crippen LogP contribution in [0.15, 0.2) is 53.3 Å². The molecule has 1 unspecified atom stereocenters. The van der Waals surface area contributed by atoms with Crippen molar-refractivity contribution in [1.29, 1.82) is 0 Å². The van der Waals surface area contributed by atoms with Gasteiger partial charge in [-0.25, -0.2) is 14.6 Å². The number of hydrogen-bond donors (Lipinski definition) is 2. The van der Waals surface area contributed by atoms with Gasteiger partial charge in [-0.15, -0.1) is 0 Å². The molecule has 138 valence electrons. The van der Waals surface area contributed by atoms with Crippen LogP contribution in [0, 0.1) is 0 Å². The first-order chi connectivity index (χ1) is 13.0. The Morgan fingerprint density at radius 3 is 2.74 bits per heavy atom. The van der Waals surface area contributed by atoms with Crippen LogP contribution < -0.4 is 5.32 Å². The van der Waals surface area contributed by atoms with Gasteiger partial charge in [0.2, 0.25) is 0 Å². The Kier molecular flexibility index (Phi) is 5.16. The third kappa shape index (κ3) is 3.95. The average molecular weight is 368 g/mol. The normalized spacial score (nSPS) is 11.7. The minimum Gasteiger partial charge on any atom is -0.478 e. The molecule has 0 fully saturated rings. The van der Waals surface area contributed by atoms with Crippen molar-refractivity contribution in [3.63, 3.8) is 0 Å². The van der Waals surface area contributed by atoms with Crippen LogP contribution in [-0.4, -0.2) is 34.0 Å². The van der Waals surface area contributed by atoms with Gasteiger partial charge in [-0.05, 0) is 36.8 Å². The molecule has 0 aliphatic rings. The number of aromatic carboxylic acids is 1. The topological polar surface area (TPSA) is 119 Å². The van der Waals surface area contributed by atoms with Crippen LogP contribution in [0.1, 0.15) is 34.1 Å². The number of esters is 1. The zero-order chi connectivity index (χ0) is 19.4. The lowest BCUT2D eigenvalue weighted by Gasteiger charge is -2.16. The highest BCUT2D eigenvalue weighted by atomic mass is 16.5. The fourth-order valence-corrected chi connectivity index (χ4v) is 2.52. The monoisotopic (exact) mass is 368 g/mol. The molecular formula is C19H16N2O6. The molecule has 0 aliphatic carbocycles. The van der Waals surface area contributed by atoms with E-state index in [1.807, 2.05) is 0 Å². The zero-order valence-corrected chi connectivity index (χ0v) is 14.3. The van der Waals surface area contributed by atoms with Gasteiger partial charge in [0, 0.05) is 5.69 Å². The maximum atomic E-state index is 12.5. The number of hydrogen-bond acceptors (Lipinski definition) is 6. The number of nitrogens with one attached hydrogen (secondary N) is 1. The molecule has 2 aromatic carbocycles. The summed E-state index contributed by atoms with van der Waals surface area (Å²) in [6.07, 6.45) is 0.416. The molecule has 1 aromatic heterocycles. The molecule has 8 heteroatoms. The number of carboxylic acids is 1. The Morgan fingerprint density at radius 2 is 2.00 bits per heavy atom. The predicted molar refractivity (Wildman–Crippen MR) is 95.5 cm³/mol. The Hall–Kier alpha value is -3.68. The van der Waals surface area contributed by atoms with Crippen LogP contribution in [-0.2, 0) is 9.53 Å². The lowest BCUT2D eigenvalue weighted by atomic mass is 10.1. The molecule has 0 saturated heterocycles. The van der Waals surface area contributed by atoms with E-state index in [9.17, 15) is 14.4 Å². The van der Waals surface area contributed by atoms with Crippen molar-refractivity contribution >= 4 is 34.6 Å². The van der Waals surface area contributed by atoms with E-state index in [0.29, 0.717) is 16.8 Å². The Labute approximate surface area is 153 Å². The molecule has 0 saturated carbocycles. The molecule has 2 N–H and O–H groups in total. The summed E-state index contributed by atoms with van der Waals surface area (Å²) in [4.78, 5) is 39.9. The molecule has 0 radical (unpaired) electrons. The summed E-state index contributed by atoms with van der Waals surface area (Å²) in [6, 6.07) is 10.6. The largest absolute Gasteiger partial charge is 0.478 e. The van der Waals surface area contributed by atoms with Gasteiger partial charge in [0.05, 0.1) is 11.1 Å². The molecule has 1 atom stereocenters. The van der Waals surface area contributed by atoms with Crippen molar-refractivity contribution in [3.05, 3.63) is 60.0 Å². The summed E-state index contributed by atoms with van der Waals surface area (Å²) in [5.41, 5.74) is 1.32. The smallest absolute Gasteiger partial charge is 0.341 e. The van der Waals surface area contributed by atoms with E-state index in [2.05, 4.69) is 10.3 Å². The Bertz CT molecular complexity index is 1010. The standard InChI is InChI=1S/C19H16N2O6/c1-2-14(17(22)21-12-6-3-5-11(9-12)18(23)24)27-19(25)13-7-4-8-15-16(13)20-10-26-15/h3-10,14H,2H2,1H3,(H,21,22)(H,23,24). The number of amides is 1. The highest BCUT2D eigenvalue weighted by Gasteiger charge is 2.24. The number of rotatable bonds is 6. The van der Waals surface area contributed by atoms with E-state index in [0.717, 1.165) is 0 Å². The van der Waals surface area contributed by atoms with Gasteiger partial charge in [-0.1, -0.05) is 19.1 Å². The molecule has 0 bridgehead atoms. The van der Waals surface area contributed by atoms with E-state index >= 15 is 0 Å². The van der Waals surface area contributed by atoms with Crippen LogP contribution in [0.25, 0.3) is 11.1 Å². The number of carbonyl (C=O) groups is 3. The summed E-state index contributed by atoms with van der Waals surface area (Å²) >= 11 is 0. The summed E-state index contributed by atoms with van der Waals surface area (Å²) in [5, 5.41) is 11.6. The molecule has 1 heterocycles. The van der Waals surface area contributed by atoms with Crippen molar-refractivity contribution in [2.75, 3.05) is 5.32 Å². The first-order valence-corrected chi connectivity index (χ1v) is 8.17. The van der Waals surface area contributed by atoms with Crippen LogP contribution in [0.5, 0.6) is 0 Å². The average Bonchev–Trinajstić information content (AvgIpc) is 3.14. The summed E-state index contributed by atoms with van der Waals surface area (Å²) in [7, 11) is 0. The number of oxazole rings is 1. The number of carboxylic acid groups (broad SMARTS) is 1. The number of nitrogens with zero attached hydrogens (tertiary/aromatic N) is 1. The molecule has 3 rings (SSSR count). The number of para-hydroxylation sites is 1. The van der Waals surface area contributed by atoms with Gasteiger partial charge >= 0.3 is 11.9 Å². The fraction of sp³-hybridized carbons (Fsp3) is 0.158. The second-order valence-corrected chi connectivity index (χ2v) is 5.68. The van der Waals surface area contributed by atoms with E-state index in [1.165, 1.54) is 30.7 Å². The predicted octanol–water partition coefficient (Wildman–Crippen LogP) is 3.10. The number of fused-ring (bicyclic) bond motifs is 1. The third-order valence-corrected chi connectivity index (χ3v) is 3.87. The molecule has 0 aliphatic heterocycles. The number of benzene rings is 2. The van der Waals surface area contributed by atoms with Gasteiger partial charge in [-0.2, -0.15) is 0 Å². The highest BCUT2D eigenvalue weighted by Crippen LogP contribution is 2.19. The van der Waals surface area contributed by atoms with Crippen molar-refractivity contribution in [1.82, 2.24) is 4.98 Å². The van der Waals surface area contributed by atoms with E-state index in [-0.39, 0.29) is 17.5 Å². The summed E-state index contributed by atoms with van der Waals surface area (Å²) in [5.74, 6) is -2.36. The van der Waals surface area contributed by atoms with Gasteiger partial charge in [0.1, 0.15) is 5.52 Å². The lowest BCUT2D eigenvalue weighted by Crippen LogP contribution is -2.32. The van der Waals surface area contributed by atoms with Crippen molar-refractivity contribution < 1.29 is 28.6 Å². The first-order valence-electron chi connectivity index (χ1n) is 8.17. The quantitative estimate of drug-likeness (QED) is 0.642. The van der Waals surface area contributed by atoms with Crippen LogP contribution in [0.3, 0.4) is 0 Å². The number of aromatic nitrogens is 1. The zero-order valence-electron chi connectivity index (χ0n) is 14.3. The van der Waals surface area contributed by atoms with Gasteiger partial charge in [-0.3, -0.25) is 4.79 Å². The molecule has 8 nitrogen and oxygen atoms in total. The molecular weight excluding hydrogens is 352 g/mol. The van der Waals surface area contributed by atoms with Gasteiger partial charge in [0.25, 0.3) is 5.91 Å². The van der Waals surface area contributed by atoms with Crippen molar-refractivity contribution in [3.8, 4) is 0 Å². The van der Waals surface area contributed by atoms with Gasteiger partial charge in [0.15, 0.2) is 18.1 Å². The second kappa shape index (κ2) is 7.69. The van der Waals surface area contributed by atoms with Crippen LogP contribution >= 0.6 is 0 Å². The Morgan fingerprint density at radius 1 is 1.22 bits per heavy atom. The number of anilines is 1. The maximum Gasteiger partial charge on any atom is 0.341 e. The number of ether oxygens (including phenoxy) is 1. The van der Waals surface area contributed by atoms with Gasteiger partial charge < -0.3 is 19.6 Å². The number of carbonyl (C=O) groups excluding carboxylic acids is 2. The Balaban J connectivity index is 1.74. The molecule has 3 aromatic rings. The van der Waals surface area contributed by atoms with Crippen LogP contribution in [0.2, 0.25) is 0 Å². The van der Waals surface area contributed by atoms with E-state index < -0.39 is 23.9 Å². The summed E-state index contributed by atoms with van der Waals surface area (Å²) in [6.45, 7) is 1.70. The molecule has 0 spiro atoms. The third-order valence-electron chi connectivity index (χ3n) is 3.87. The minimum atomic E-state index is -1.11. The van der Waals surface area contributed by atoms with Crippen molar-refractivity contribution in [2.45, 2.75) is 19.4 Å². The highest BCUT2D eigenvalue weighted by molar-refractivity contribution is 6.03. The molecule has 27 heavy (non-hydrogen) atoms. The van der Waals surface area contributed by atoms with Crippen LogP contribution in [0.4, 0.5) is 5.69 Å². The van der Waals surface area contributed by atoms with E-state index in [4.69, 9.17) is 14.3 Å². The second-order valence-electron chi connectivity index (χ2n) is 5.68. The maximum absolute atomic E-state index is 12.5. The first kappa shape index (κ1) is 18.1. The SMILES string of the molecule is CCC(OC(=O)c1cccc2ocnc12)C(=O)Nc1cccc(C(=O)O)c1. The minimum absolute atomic E-state index is 0.0375. The van der Waals surface area contributed by atoms with E-state index in [1.54, 1.807) is 25.1 Å².